The van der Waals surface area contributed by atoms with E-state index in [-0.39, 0.29) is 12.5 Å². The minimum atomic E-state index is 0.0695. The first-order chi connectivity index (χ1) is 9.69. The minimum Gasteiger partial charge on any atom is -0.479 e. The molecule has 0 radical (unpaired) electrons. The first kappa shape index (κ1) is 14.4. The molecule has 5 heteroatoms. The number of likely N-dealkylation sites (tertiary alicyclic amines) is 1. The van der Waals surface area contributed by atoms with E-state index in [2.05, 4.69) is 5.32 Å². The van der Waals surface area contributed by atoms with Crippen LogP contribution in [0.25, 0.3) is 0 Å². The number of carbonyl (C=O) groups excluding carboxylic acids is 1. The van der Waals surface area contributed by atoms with Gasteiger partial charge in [0.2, 0.25) is 5.91 Å². The lowest BCUT2D eigenvalue weighted by atomic mass is 10.1. The summed E-state index contributed by atoms with van der Waals surface area (Å²) in [7, 11) is 1.84. The smallest absolute Gasteiger partial charge is 0.222 e. The van der Waals surface area contributed by atoms with Crippen molar-refractivity contribution in [1.82, 2.24) is 10.2 Å². The number of nitrogens with one attached hydrogen (secondary N) is 1. The van der Waals surface area contributed by atoms with Crippen molar-refractivity contribution in [1.29, 1.82) is 5.26 Å². The molecule has 0 aliphatic carbocycles. The van der Waals surface area contributed by atoms with Crippen LogP contribution in [0.3, 0.4) is 0 Å². The Morgan fingerprint density at radius 2 is 2.20 bits per heavy atom. The molecule has 1 amide bonds. The highest BCUT2D eigenvalue weighted by Gasteiger charge is 2.21. The molecule has 1 aromatic rings. The highest BCUT2D eigenvalue weighted by Crippen LogP contribution is 2.13. The third kappa shape index (κ3) is 3.97. The van der Waals surface area contributed by atoms with Crippen LogP contribution in [-0.2, 0) is 11.3 Å². The minimum absolute atomic E-state index is 0.0695. The number of likely N-dealkylation sites (N-methyl/N-ethyl adjacent to an activating group) is 1. The number of hydrogen-bond acceptors (Lipinski definition) is 4. The second-order valence-electron chi connectivity index (χ2n) is 4.98. The molecule has 1 aliphatic heterocycles. The van der Waals surface area contributed by atoms with E-state index >= 15 is 0 Å². The van der Waals surface area contributed by atoms with Crippen molar-refractivity contribution in [3.63, 3.8) is 0 Å². The van der Waals surface area contributed by atoms with Crippen LogP contribution in [0.1, 0.15) is 18.4 Å². The van der Waals surface area contributed by atoms with Crippen molar-refractivity contribution in [2.24, 2.45) is 0 Å². The molecule has 1 N–H and O–H groups in total. The molecule has 5 nitrogen and oxygen atoms in total. The van der Waals surface area contributed by atoms with Gasteiger partial charge in [0, 0.05) is 32.6 Å². The maximum absolute atomic E-state index is 11.4. The largest absolute Gasteiger partial charge is 0.479 e. The molecule has 20 heavy (non-hydrogen) atoms. The highest BCUT2D eigenvalue weighted by atomic mass is 16.5. The quantitative estimate of drug-likeness (QED) is 0.878. The predicted molar refractivity (Wildman–Crippen MR) is 75.0 cm³/mol. The SMILES string of the molecule is CN1CC(NCc2ccc(OCC#N)cc2)CCC1=O. The Bertz CT molecular complexity index is 493. The van der Waals surface area contributed by atoms with Gasteiger partial charge in [-0.25, -0.2) is 0 Å². The first-order valence-electron chi connectivity index (χ1n) is 6.75. The van der Waals surface area contributed by atoms with E-state index in [9.17, 15) is 4.79 Å². The Morgan fingerprint density at radius 1 is 1.45 bits per heavy atom. The second kappa shape index (κ2) is 6.92. The van der Waals surface area contributed by atoms with Crippen molar-refractivity contribution in [3.8, 4) is 11.8 Å². The summed E-state index contributed by atoms with van der Waals surface area (Å²) in [6, 6.07) is 9.99. The van der Waals surface area contributed by atoms with Crippen molar-refractivity contribution >= 4 is 5.91 Å². The van der Waals surface area contributed by atoms with Gasteiger partial charge in [0.05, 0.1) is 0 Å². The standard InChI is InChI=1S/C15H19N3O2/c1-18-11-13(4-7-15(18)19)17-10-12-2-5-14(6-3-12)20-9-8-16/h2-3,5-6,13,17H,4,7,9-11H2,1H3. The molecule has 1 aliphatic rings. The van der Waals surface area contributed by atoms with E-state index in [0.717, 1.165) is 25.1 Å². The normalized spacial score (nSPS) is 18.7. The molecule has 0 bridgehead atoms. The van der Waals surface area contributed by atoms with E-state index in [1.54, 1.807) is 4.90 Å². The third-order valence-electron chi connectivity index (χ3n) is 3.45. The average molecular weight is 273 g/mol. The fourth-order valence-electron chi connectivity index (χ4n) is 2.26. The molecular formula is C15H19N3O2. The number of ether oxygens (including phenoxy) is 1. The average Bonchev–Trinajstić information content (AvgIpc) is 2.47. The van der Waals surface area contributed by atoms with E-state index in [1.807, 2.05) is 37.4 Å². The number of benzene rings is 1. The van der Waals surface area contributed by atoms with Gasteiger partial charge in [0.15, 0.2) is 6.61 Å². The molecule has 2 rings (SSSR count). The molecule has 1 unspecified atom stereocenters. The number of amides is 1. The number of rotatable bonds is 5. The molecule has 1 atom stereocenters. The van der Waals surface area contributed by atoms with Crippen LogP contribution >= 0.6 is 0 Å². The summed E-state index contributed by atoms with van der Waals surface area (Å²) >= 11 is 0. The maximum Gasteiger partial charge on any atom is 0.222 e. The van der Waals surface area contributed by atoms with Gasteiger partial charge < -0.3 is 15.0 Å². The molecule has 1 heterocycles. The summed E-state index contributed by atoms with van der Waals surface area (Å²) in [5.41, 5.74) is 1.16. The van der Waals surface area contributed by atoms with Gasteiger partial charge in [-0.1, -0.05) is 12.1 Å². The Balaban J connectivity index is 1.79. The molecule has 1 saturated heterocycles. The van der Waals surface area contributed by atoms with Crippen molar-refractivity contribution < 1.29 is 9.53 Å². The lowest BCUT2D eigenvalue weighted by Gasteiger charge is -2.30. The monoisotopic (exact) mass is 273 g/mol. The molecule has 1 aromatic carbocycles. The van der Waals surface area contributed by atoms with Crippen LogP contribution in [0.15, 0.2) is 24.3 Å². The number of nitriles is 1. The molecule has 0 spiro atoms. The number of hydrogen-bond donors (Lipinski definition) is 1. The molecule has 0 aromatic heterocycles. The summed E-state index contributed by atoms with van der Waals surface area (Å²) in [5.74, 6) is 0.931. The number of piperidine rings is 1. The summed E-state index contributed by atoms with van der Waals surface area (Å²) in [6.07, 6.45) is 1.52. The van der Waals surface area contributed by atoms with Crippen molar-refractivity contribution in [3.05, 3.63) is 29.8 Å². The Hall–Kier alpha value is -2.06. The number of carbonyl (C=O) groups is 1. The lowest BCUT2D eigenvalue weighted by molar-refractivity contribution is -0.132. The van der Waals surface area contributed by atoms with Gasteiger partial charge in [0.25, 0.3) is 0 Å². The van der Waals surface area contributed by atoms with Crippen molar-refractivity contribution in [2.75, 3.05) is 20.2 Å². The zero-order valence-electron chi connectivity index (χ0n) is 11.6. The van der Waals surface area contributed by atoms with Gasteiger partial charge in [-0.05, 0) is 24.1 Å². The van der Waals surface area contributed by atoms with Crippen LogP contribution < -0.4 is 10.1 Å². The Labute approximate surface area is 119 Å². The van der Waals surface area contributed by atoms with Crippen molar-refractivity contribution in [2.45, 2.75) is 25.4 Å². The second-order valence-corrected chi connectivity index (χ2v) is 4.98. The van der Waals surface area contributed by atoms with Crippen LogP contribution in [0.2, 0.25) is 0 Å². The van der Waals surface area contributed by atoms with Gasteiger partial charge in [-0.2, -0.15) is 5.26 Å². The van der Waals surface area contributed by atoms with Crippen LogP contribution in [0, 0.1) is 11.3 Å². The fraction of sp³-hybridized carbons (Fsp3) is 0.467. The van der Waals surface area contributed by atoms with Gasteiger partial charge in [-0.3, -0.25) is 4.79 Å². The number of nitrogens with zero attached hydrogens (tertiary/aromatic N) is 2. The van der Waals surface area contributed by atoms with E-state index in [0.29, 0.717) is 18.2 Å². The predicted octanol–water partition coefficient (Wildman–Crippen LogP) is 1.30. The first-order valence-corrected chi connectivity index (χ1v) is 6.75. The zero-order valence-corrected chi connectivity index (χ0v) is 11.6. The van der Waals surface area contributed by atoms with Crippen LogP contribution in [0.4, 0.5) is 0 Å². The lowest BCUT2D eigenvalue weighted by Crippen LogP contribution is -2.46. The van der Waals surface area contributed by atoms with Crippen LogP contribution in [0.5, 0.6) is 5.75 Å². The molecule has 1 fully saturated rings. The fourth-order valence-corrected chi connectivity index (χ4v) is 2.26. The summed E-state index contributed by atoms with van der Waals surface area (Å²) in [5, 5.41) is 11.9. The van der Waals surface area contributed by atoms with E-state index < -0.39 is 0 Å². The maximum atomic E-state index is 11.4. The van der Waals surface area contributed by atoms with Gasteiger partial charge >= 0.3 is 0 Å². The van der Waals surface area contributed by atoms with Crippen LogP contribution in [-0.4, -0.2) is 37.0 Å². The van der Waals surface area contributed by atoms with Gasteiger partial charge in [0.1, 0.15) is 11.8 Å². The summed E-state index contributed by atoms with van der Waals surface area (Å²) in [4.78, 5) is 13.2. The molecule has 106 valence electrons. The topological polar surface area (TPSA) is 65.4 Å². The Morgan fingerprint density at radius 3 is 2.85 bits per heavy atom. The molecule has 0 saturated carbocycles. The molecular weight excluding hydrogens is 254 g/mol. The van der Waals surface area contributed by atoms with E-state index in [4.69, 9.17) is 10.00 Å². The van der Waals surface area contributed by atoms with Gasteiger partial charge in [-0.15, -0.1) is 0 Å². The highest BCUT2D eigenvalue weighted by molar-refractivity contribution is 5.76. The van der Waals surface area contributed by atoms with E-state index in [1.165, 1.54) is 0 Å². The Kier molecular flexibility index (Phi) is 4.97. The zero-order chi connectivity index (χ0) is 14.4. The third-order valence-corrected chi connectivity index (χ3v) is 3.45. The summed E-state index contributed by atoms with van der Waals surface area (Å²) in [6.45, 7) is 1.60. The summed E-state index contributed by atoms with van der Waals surface area (Å²) < 4.78 is 5.20.